The summed E-state index contributed by atoms with van der Waals surface area (Å²) in [6.45, 7) is 9.29. The minimum Gasteiger partial charge on any atom is -0.463 e. The van der Waals surface area contributed by atoms with Crippen molar-refractivity contribution in [2.75, 3.05) is 6.61 Å². The summed E-state index contributed by atoms with van der Waals surface area (Å²) in [7, 11) is 0. The molecule has 6 atom stereocenters. The minimum atomic E-state index is -0.314. The summed E-state index contributed by atoms with van der Waals surface area (Å²) in [4.78, 5) is 11.3. The summed E-state index contributed by atoms with van der Waals surface area (Å²) in [6.07, 6.45) is 18.5. The van der Waals surface area contributed by atoms with Crippen LogP contribution in [0.4, 0.5) is 0 Å². The number of halogens is 1. The highest BCUT2D eigenvalue weighted by Gasteiger charge is 2.52. The van der Waals surface area contributed by atoms with Crippen molar-refractivity contribution in [2.24, 2.45) is 29.1 Å². The maximum absolute atomic E-state index is 11.3. The molecule has 2 aliphatic carbocycles. The Morgan fingerprint density at radius 2 is 1.83 bits per heavy atom. The molecule has 1 N–H and O–H groups in total. The monoisotopic (exact) mass is 588 g/mol. The third kappa shape index (κ3) is 7.42. The van der Waals surface area contributed by atoms with E-state index in [0.717, 1.165) is 12.8 Å². The number of hydrogen-bond acceptors (Lipinski definition) is 3. The largest absolute Gasteiger partial charge is 0.463 e. The first-order valence-electron chi connectivity index (χ1n) is 13.0. The highest BCUT2D eigenvalue weighted by Crippen LogP contribution is 2.58. The summed E-state index contributed by atoms with van der Waals surface area (Å²) in [5.41, 5.74) is 3.04. The average molecular weight is 589 g/mol. The van der Waals surface area contributed by atoms with Crippen molar-refractivity contribution in [2.45, 2.75) is 65.9 Å². The molecule has 0 amide bonds. The Labute approximate surface area is 225 Å². The van der Waals surface area contributed by atoms with Crippen LogP contribution in [0.25, 0.3) is 0 Å². The molecule has 0 heterocycles. The number of esters is 1. The summed E-state index contributed by atoms with van der Waals surface area (Å²) < 4.78 is 6.13. The van der Waals surface area contributed by atoms with Gasteiger partial charge in [0.25, 0.3) is 0 Å². The molecular formula is C31H41IO3. The van der Waals surface area contributed by atoms with Gasteiger partial charge in [-0.2, -0.15) is 0 Å². The molecule has 0 saturated heterocycles. The molecule has 2 aliphatic rings. The Bertz CT molecular complexity index is 958. The van der Waals surface area contributed by atoms with Crippen LogP contribution in [0, 0.1) is 32.7 Å². The van der Waals surface area contributed by atoms with Gasteiger partial charge in [-0.05, 0) is 115 Å². The molecule has 190 valence electrons. The second-order valence-corrected chi connectivity index (χ2v) is 11.8. The predicted molar refractivity (Wildman–Crippen MR) is 153 cm³/mol. The van der Waals surface area contributed by atoms with Gasteiger partial charge in [0, 0.05) is 9.65 Å². The number of benzene rings is 1. The van der Waals surface area contributed by atoms with Crippen molar-refractivity contribution in [1.82, 2.24) is 0 Å². The molecule has 0 unspecified atom stereocenters. The third-order valence-electron chi connectivity index (χ3n) is 8.44. The minimum absolute atomic E-state index is 0.205. The fourth-order valence-corrected chi connectivity index (χ4v) is 6.62. The highest BCUT2D eigenvalue weighted by atomic mass is 127. The normalized spacial score (nSPS) is 31.8. The quantitative estimate of drug-likeness (QED) is 0.149. The van der Waals surface area contributed by atoms with E-state index >= 15 is 0 Å². The van der Waals surface area contributed by atoms with Crippen molar-refractivity contribution in [3.63, 3.8) is 0 Å². The van der Waals surface area contributed by atoms with Gasteiger partial charge in [-0.3, -0.25) is 0 Å². The zero-order valence-electron chi connectivity index (χ0n) is 21.6. The van der Waals surface area contributed by atoms with Crippen LogP contribution in [0.1, 0.15) is 58.9 Å². The second-order valence-electron chi connectivity index (χ2n) is 10.6. The van der Waals surface area contributed by atoms with E-state index in [0.29, 0.717) is 30.3 Å². The molecule has 1 aromatic carbocycles. The molecule has 0 radical (unpaired) electrons. The van der Waals surface area contributed by atoms with E-state index in [-0.39, 0.29) is 17.5 Å². The fourth-order valence-electron chi connectivity index (χ4n) is 6.26. The van der Waals surface area contributed by atoms with Crippen LogP contribution in [-0.4, -0.2) is 23.8 Å². The molecule has 0 aliphatic heterocycles. The highest BCUT2D eigenvalue weighted by molar-refractivity contribution is 14.1. The Hall–Kier alpha value is -1.66. The van der Waals surface area contributed by atoms with Crippen LogP contribution < -0.4 is 0 Å². The molecule has 0 aromatic heterocycles. The lowest BCUT2D eigenvalue weighted by atomic mass is 9.49. The van der Waals surface area contributed by atoms with Gasteiger partial charge in [-0.1, -0.05) is 68.0 Å². The Morgan fingerprint density at radius 3 is 2.54 bits per heavy atom. The smallest absolute Gasteiger partial charge is 0.330 e. The van der Waals surface area contributed by atoms with Crippen molar-refractivity contribution in [1.29, 1.82) is 0 Å². The molecule has 3 rings (SSSR count). The number of rotatable bonds is 8. The Balaban J connectivity index is 1.63. The summed E-state index contributed by atoms with van der Waals surface area (Å²) in [6, 6.07) is 8.82. The van der Waals surface area contributed by atoms with Crippen LogP contribution in [0.5, 0.6) is 0 Å². The van der Waals surface area contributed by atoms with E-state index < -0.39 is 0 Å². The van der Waals surface area contributed by atoms with Crippen LogP contribution >= 0.6 is 22.6 Å². The molecule has 2 fully saturated rings. The summed E-state index contributed by atoms with van der Waals surface area (Å²) in [5, 5.41) is 11.1. The van der Waals surface area contributed by atoms with E-state index in [4.69, 9.17) is 4.74 Å². The molecular weight excluding hydrogens is 547 g/mol. The maximum atomic E-state index is 11.3. The number of carbonyl (C=O) groups excluding carboxylic acids is 1. The number of aliphatic hydroxyl groups is 1. The topological polar surface area (TPSA) is 46.5 Å². The molecule has 0 spiro atoms. The van der Waals surface area contributed by atoms with Crippen molar-refractivity contribution in [3.8, 4) is 0 Å². The van der Waals surface area contributed by atoms with Crippen molar-refractivity contribution in [3.05, 3.63) is 81.5 Å². The summed E-state index contributed by atoms with van der Waals surface area (Å²) >= 11 is 2.35. The molecule has 3 nitrogen and oxygen atoms in total. The van der Waals surface area contributed by atoms with Gasteiger partial charge >= 0.3 is 5.97 Å². The van der Waals surface area contributed by atoms with Gasteiger partial charge in [0.2, 0.25) is 0 Å². The lowest BCUT2D eigenvalue weighted by Crippen LogP contribution is -2.52. The second kappa shape index (κ2) is 13.0. The van der Waals surface area contributed by atoms with E-state index in [1.165, 1.54) is 40.0 Å². The van der Waals surface area contributed by atoms with Gasteiger partial charge in [-0.15, -0.1) is 0 Å². The van der Waals surface area contributed by atoms with E-state index in [2.05, 4.69) is 79.8 Å². The number of aliphatic hydroxyl groups excluding tert-OH is 1. The maximum Gasteiger partial charge on any atom is 0.330 e. The van der Waals surface area contributed by atoms with Gasteiger partial charge in [0.05, 0.1) is 12.7 Å². The first-order valence-corrected chi connectivity index (χ1v) is 14.1. The van der Waals surface area contributed by atoms with Gasteiger partial charge in [0.1, 0.15) is 0 Å². The van der Waals surface area contributed by atoms with Crippen molar-refractivity contribution < 1.29 is 14.6 Å². The SMILES string of the molecule is CCOC(=O)/C=C/C=C/C=C/C=C(\C)[C@@H]1CC[C@H]2[C@H](Cc3ccc(I)cc3)[C@H](O)C[C@@H](C)[C@]2(C)C1. The number of carbonyl (C=O) groups is 1. The molecule has 1 aromatic rings. The molecule has 0 bridgehead atoms. The van der Waals surface area contributed by atoms with E-state index in [1.54, 1.807) is 13.0 Å². The number of ether oxygens (including phenoxy) is 1. The van der Waals surface area contributed by atoms with Gasteiger partial charge in [0.15, 0.2) is 0 Å². The zero-order chi connectivity index (χ0) is 25.4. The van der Waals surface area contributed by atoms with E-state index in [9.17, 15) is 9.90 Å². The standard InChI is InChI=1S/C31H41IO3/c1-5-35-30(34)12-10-8-6-7-9-11-22(2)25-15-18-28-27(20-24-13-16-26(32)17-14-24)29(33)19-23(3)31(28,4)21-25/h6-14,16-17,23,25,27-29,33H,5,15,18-21H2,1-4H3/b8-6+,9-7+,12-10+,22-11+/t23-,25-,27+,28+,29-,31+/m1/s1. The Morgan fingerprint density at radius 1 is 1.14 bits per heavy atom. The van der Waals surface area contributed by atoms with Crippen LogP contribution in [-0.2, 0) is 16.0 Å². The molecule has 2 saturated carbocycles. The van der Waals surface area contributed by atoms with Gasteiger partial charge in [-0.25, -0.2) is 4.79 Å². The van der Waals surface area contributed by atoms with Crippen LogP contribution in [0.2, 0.25) is 0 Å². The van der Waals surface area contributed by atoms with E-state index in [1.807, 2.05) is 18.2 Å². The van der Waals surface area contributed by atoms with Crippen molar-refractivity contribution >= 4 is 28.6 Å². The van der Waals surface area contributed by atoms with Gasteiger partial charge < -0.3 is 9.84 Å². The summed E-state index contributed by atoms with van der Waals surface area (Å²) in [5.74, 6) is 1.70. The number of hydrogen-bond donors (Lipinski definition) is 1. The van der Waals surface area contributed by atoms with Crippen LogP contribution in [0.15, 0.2) is 72.4 Å². The van der Waals surface area contributed by atoms with Crippen LogP contribution in [0.3, 0.4) is 0 Å². The third-order valence-corrected chi connectivity index (χ3v) is 9.16. The fraction of sp³-hybridized carbons (Fsp3) is 0.516. The molecule has 35 heavy (non-hydrogen) atoms. The zero-order valence-corrected chi connectivity index (χ0v) is 23.8. The Kier molecular flexibility index (Phi) is 10.4. The lowest BCUT2D eigenvalue weighted by molar-refractivity contribution is -0.137. The average Bonchev–Trinajstić information content (AvgIpc) is 2.82. The number of allylic oxidation sites excluding steroid dienone is 7. The lowest BCUT2D eigenvalue weighted by Gasteiger charge is -2.56. The molecule has 4 heteroatoms. The predicted octanol–water partition coefficient (Wildman–Crippen LogP) is 7.45. The first-order chi connectivity index (χ1) is 16.7. The first kappa shape index (κ1) is 27.9. The number of fused-ring (bicyclic) bond motifs is 1.